The van der Waals surface area contributed by atoms with E-state index in [-0.39, 0.29) is 28.7 Å². The lowest BCUT2D eigenvalue weighted by molar-refractivity contribution is -0.156. The molecule has 4 heteroatoms. The van der Waals surface area contributed by atoms with Crippen LogP contribution in [0.25, 0.3) is 6.08 Å². The number of benzene rings is 1. The lowest BCUT2D eigenvalue weighted by Gasteiger charge is -2.64. The van der Waals surface area contributed by atoms with E-state index in [2.05, 4.69) is 80.5 Å². The minimum Gasteiger partial charge on any atom is -0.504 e. The zero-order valence-electron chi connectivity index (χ0n) is 30.5. The average molecular weight is 631 g/mol. The number of allylic oxidation sites excluding steroid dienone is 3. The van der Waals surface area contributed by atoms with Gasteiger partial charge in [-0.1, -0.05) is 92.2 Å². The highest BCUT2D eigenvalue weighted by Crippen LogP contribution is 2.73. The SMILES string of the molecule is CC[C@H](C=C[C@@H](C)[C@H]1CC[C@@]2(C)[C@@H]3CC=C4C(C)(C)[C@@H](OC(=O)/C=C/c5ccc(O)c(OC)c5)CC[C@]4(C)[C@H]3CC[C@]12C)C(C)C. The van der Waals surface area contributed by atoms with E-state index < -0.39 is 0 Å². The highest BCUT2D eigenvalue weighted by Gasteiger charge is 2.66. The largest absolute Gasteiger partial charge is 0.504 e. The maximum absolute atomic E-state index is 13.1. The van der Waals surface area contributed by atoms with Crippen LogP contribution in [0.2, 0.25) is 0 Å². The number of hydrogen-bond acceptors (Lipinski definition) is 4. The smallest absolute Gasteiger partial charge is 0.331 e. The standard InChI is InChI=1S/C42H62O4/c1-11-30(27(2)3)15-12-28(4)31-20-24-42(9)33-16-18-36-39(5,6)37(22-23-40(36,7)32(33)21-25-41(31,42)8)46-38(44)19-14-29-13-17-34(43)35(26-29)45-10/h12-15,17-19,26-28,30-33,37,43H,11,16,20-25H2,1-10H3/b15-12?,19-14+/t28-,30-,31-,32+,33-,37+,40-,41-,42+/m1/s1. The van der Waals surface area contributed by atoms with Crippen LogP contribution in [0.4, 0.5) is 0 Å². The molecule has 4 aliphatic carbocycles. The van der Waals surface area contributed by atoms with Gasteiger partial charge in [-0.15, -0.1) is 0 Å². The van der Waals surface area contributed by atoms with E-state index in [1.165, 1.54) is 50.9 Å². The minimum atomic E-state index is -0.317. The number of phenolic OH excluding ortho intramolecular Hbond substituents is 1. The normalized spacial score (nSPS) is 36.5. The summed E-state index contributed by atoms with van der Waals surface area (Å²) in [5, 5.41) is 9.89. The van der Waals surface area contributed by atoms with Crippen LogP contribution in [0.1, 0.15) is 119 Å². The molecule has 1 aromatic rings. The molecule has 0 heterocycles. The molecule has 1 aromatic carbocycles. The van der Waals surface area contributed by atoms with Gasteiger partial charge in [0.05, 0.1) is 7.11 Å². The van der Waals surface area contributed by atoms with E-state index >= 15 is 0 Å². The molecule has 0 spiro atoms. The fourth-order valence-electron chi connectivity index (χ4n) is 11.3. The van der Waals surface area contributed by atoms with Gasteiger partial charge in [0.1, 0.15) is 6.10 Å². The van der Waals surface area contributed by atoms with Crippen molar-refractivity contribution in [3.8, 4) is 11.5 Å². The fraction of sp³-hybridized carbons (Fsp3) is 0.690. The second kappa shape index (κ2) is 12.8. The summed E-state index contributed by atoms with van der Waals surface area (Å²) in [5.74, 6) is 4.29. The Labute approximate surface area is 280 Å². The van der Waals surface area contributed by atoms with Gasteiger partial charge < -0.3 is 14.6 Å². The number of aromatic hydroxyl groups is 1. The molecule has 0 unspecified atom stereocenters. The number of carbonyl (C=O) groups excluding carboxylic acids is 1. The number of rotatable bonds is 9. The quantitative estimate of drug-likeness (QED) is 0.168. The second-order valence-electron chi connectivity index (χ2n) is 17.0. The summed E-state index contributed by atoms with van der Waals surface area (Å²) in [6.45, 7) is 22.0. The molecule has 3 fully saturated rings. The van der Waals surface area contributed by atoms with Crippen LogP contribution in [0, 0.1) is 57.2 Å². The number of hydrogen-bond donors (Lipinski definition) is 1. The number of methoxy groups -OCH3 is 1. The molecule has 3 saturated carbocycles. The molecule has 254 valence electrons. The Bertz CT molecular complexity index is 1370. The van der Waals surface area contributed by atoms with Crippen LogP contribution >= 0.6 is 0 Å². The number of phenols is 1. The highest BCUT2D eigenvalue weighted by atomic mass is 16.5. The molecule has 0 aliphatic heterocycles. The Hall–Kier alpha value is -2.49. The molecule has 4 aliphatic rings. The van der Waals surface area contributed by atoms with E-state index in [9.17, 15) is 9.90 Å². The minimum absolute atomic E-state index is 0.0791. The number of fused-ring (bicyclic) bond motifs is 5. The van der Waals surface area contributed by atoms with Crippen molar-refractivity contribution in [3.05, 3.63) is 53.6 Å². The third-order valence-corrected chi connectivity index (χ3v) is 14.3. The topological polar surface area (TPSA) is 55.8 Å². The Balaban J connectivity index is 1.32. The first-order valence-electron chi connectivity index (χ1n) is 18.3. The number of carbonyl (C=O) groups is 1. The lowest BCUT2D eigenvalue weighted by atomic mass is 9.40. The van der Waals surface area contributed by atoms with Crippen molar-refractivity contribution in [2.75, 3.05) is 7.11 Å². The summed E-state index contributed by atoms with van der Waals surface area (Å²) in [7, 11) is 1.52. The Morgan fingerprint density at radius 3 is 2.37 bits per heavy atom. The predicted molar refractivity (Wildman–Crippen MR) is 189 cm³/mol. The number of esters is 1. The molecule has 0 aromatic heterocycles. The number of ether oxygens (including phenoxy) is 2. The van der Waals surface area contributed by atoms with Crippen molar-refractivity contribution in [1.29, 1.82) is 0 Å². The van der Waals surface area contributed by atoms with Crippen LogP contribution < -0.4 is 4.74 Å². The van der Waals surface area contributed by atoms with Crippen LogP contribution in [0.15, 0.2) is 48.1 Å². The first-order valence-corrected chi connectivity index (χ1v) is 18.3. The van der Waals surface area contributed by atoms with Gasteiger partial charge in [-0.2, -0.15) is 0 Å². The molecule has 4 nitrogen and oxygen atoms in total. The molecule has 9 atom stereocenters. The van der Waals surface area contributed by atoms with E-state index in [4.69, 9.17) is 9.47 Å². The molecule has 5 rings (SSSR count). The summed E-state index contributed by atoms with van der Waals surface area (Å²) < 4.78 is 11.4. The molecular weight excluding hydrogens is 568 g/mol. The van der Waals surface area contributed by atoms with Crippen molar-refractivity contribution in [1.82, 2.24) is 0 Å². The van der Waals surface area contributed by atoms with Crippen LogP contribution in [0.3, 0.4) is 0 Å². The Kier molecular flexibility index (Phi) is 9.73. The van der Waals surface area contributed by atoms with Crippen LogP contribution in [-0.4, -0.2) is 24.3 Å². The molecule has 1 N–H and O–H groups in total. The molecule has 0 bridgehead atoms. The van der Waals surface area contributed by atoms with Crippen molar-refractivity contribution in [3.63, 3.8) is 0 Å². The monoisotopic (exact) mass is 630 g/mol. The summed E-state index contributed by atoms with van der Waals surface area (Å²) >= 11 is 0. The van der Waals surface area contributed by atoms with Crippen molar-refractivity contribution in [2.45, 2.75) is 120 Å². The second-order valence-corrected chi connectivity index (χ2v) is 17.0. The van der Waals surface area contributed by atoms with E-state index in [1.807, 2.05) is 0 Å². The highest BCUT2D eigenvalue weighted by molar-refractivity contribution is 5.87. The summed E-state index contributed by atoms with van der Waals surface area (Å²) in [4.78, 5) is 13.1. The Morgan fingerprint density at radius 2 is 1.70 bits per heavy atom. The average Bonchev–Trinajstić information content (AvgIpc) is 3.29. The first-order chi connectivity index (χ1) is 21.6. The zero-order valence-corrected chi connectivity index (χ0v) is 30.5. The molecule has 0 saturated heterocycles. The Morgan fingerprint density at radius 1 is 0.978 bits per heavy atom. The molecule has 0 radical (unpaired) electrons. The van der Waals surface area contributed by atoms with Crippen molar-refractivity contribution in [2.24, 2.45) is 57.2 Å². The van der Waals surface area contributed by atoms with E-state index in [0.717, 1.165) is 30.7 Å². The maximum Gasteiger partial charge on any atom is 0.331 e. The fourth-order valence-corrected chi connectivity index (χ4v) is 11.3. The van der Waals surface area contributed by atoms with Gasteiger partial charge in [-0.3, -0.25) is 0 Å². The maximum atomic E-state index is 13.1. The third kappa shape index (κ3) is 5.79. The first kappa shape index (κ1) is 34.8. The van der Waals surface area contributed by atoms with Gasteiger partial charge in [0.25, 0.3) is 0 Å². The molecule has 46 heavy (non-hydrogen) atoms. The summed E-state index contributed by atoms with van der Waals surface area (Å²) in [6, 6.07) is 5.05. The van der Waals surface area contributed by atoms with Gasteiger partial charge in [0.2, 0.25) is 0 Å². The van der Waals surface area contributed by atoms with E-state index in [0.29, 0.717) is 46.2 Å². The molecule has 0 amide bonds. The molecular formula is C42H62O4. The van der Waals surface area contributed by atoms with Crippen LogP contribution in [-0.2, 0) is 9.53 Å². The predicted octanol–water partition coefficient (Wildman–Crippen LogP) is 10.8. The van der Waals surface area contributed by atoms with Gasteiger partial charge in [-0.05, 0) is 127 Å². The van der Waals surface area contributed by atoms with Gasteiger partial charge >= 0.3 is 5.97 Å². The van der Waals surface area contributed by atoms with Gasteiger partial charge in [-0.25, -0.2) is 4.79 Å². The van der Waals surface area contributed by atoms with Crippen molar-refractivity contribution >= 4 is 12.0 Å². The zero-order chi connectivity index (χ0) is 33.7. The summed E-state index contributed by atoms with van der Waals surface area (Å²) in [6.07, 6.45) is 20.5. The van der Waals surface area contributed by atoms with Gasteiger partial charge in [0.15, 0.2) is 11.5 Å². The lowest BCUT2D eigenvalue weighted by Crippen LogP contribution is -2.58. The van der Waals surface area contributed by atoms with Crippen LogP contribution in [0.5, 0.6) is 11.5 Å². The summed E-state index contributed by atoms with van der Waals surface area (Å²) in [5.41, 5.74) is 2.96. The van der Waals surface area contributed by atoms with Gasteiger partial charge in [0, 0.05) is 11.5 Å². The van der Waals surface area contributed by atoms with E-state index in [1.54, 1.807) is 24.3 Å². The third-order valence-electron chi connectivity index (χ3n) is 14.3. The van der Waals surface area contributed by atoms with Crippen molar-refractivity contribution < 1.29 is 19.4 Å².